The average molecular weight is 431 g/mol. The van der Waals surface area contributed by atoms with Gasteiger partial charge in [0.15, 0.2) is 11.6 Å². The lowest BCUT2D eigenvalue weighted by molar-refractivity contribution is 0.282. The highest BCUT2D eigenvalue weighted by Crippen LogP contribution is 2.35. The molecule has 1 aromatic rings. The van der Waals surface area contributed by atoms with Crippen LogP contribution in [0.15, 0.2) is 30.4 Å². The molecule has 0 bridgehead atoms. The molecule has 0 nitrogen and oxygen atoms in total. The Morgan fingerprint density at radius 2 is 1.29 bits per heavy atom. The Bertz CT molecular complexity index is 649. The molecule has 1 aromatic carbocycles. The van der Waals surface area contributed by atoms with E-state index in [0.29, 0.717) is 0 Å². The van der Waals surface area contributed by atoms with Crippen LogP contribution in [0.1, 0.15) is 109 Å². The van der Waals surface area contributed by atoms with Crippen molar-refractivity contribution in [2.24, 2.45) is 23.7 Å². The second-order valence-corrected chi connectivity index (χ2v) is 10.4. The number of aryl methyl sites for hydroxylation is 1. The zero-order valence-electron chi connectivity index (χ0n) is 19.8. The smallest absolute Gasteiger partial charge is 0.159 e. The summed E-state index contributed by atoms with van der Waals surface area (Å²) >= 11 is 0. The number of allylic oxidation sites excluding steroid dienone is 2. The maximum atomic E-state index is 13.4. The van der Waals surface area contributed by atoms with E-state index in [1.807, 2.05) is 0 Å². The lowest BCUT2D eigenvalue weighted by atomic mass is 9.77. The van der Waals surface area contributed by atoms with Gasteiger partial charge in [-0.2, -0.15) is 0 Å². The summed E-state index contributed by atoms with van der Waals surface area (Å²) in [6.07, 6.45) is 26.5. The molecule has 174 valence electrons. The fourth-order valence-corrected chi connectivity index (χ4v) is 5.76. The van der Waals surface area contributed by atoms with Gasteiger partial charge >= 0.3 is 0 Å². The van der Waals surface area contributed by atoms with Crippen LogP contribution in [0.5, 0.6) is 0 Å². The molecule has 31 heavy (non-hydrogen) atoms. The lowest BCUT2D eigenvalue weighted by Crippen LogP contribution is -2.15. The van der Waals surface area contributed by atoms with Gasteiger partial charge in [0.25, 0.3) is 0 Å². The molecule has 2 aliphatic carbocycles. The molecule has 0 heterocycles. The van der Waals surface area contributed by atoms with Crippen molar-refractivity contribution in [3.05, 3.63) is 47.5 Å². The molecule has 0 aliphatic heterocycles. The van der Waals surface area contributed by atoms with Crippen LogP contribution in [0, 0.1) is 35.3 Å². The Morgan fingerprint density at radius 1 is 0.710 bits per heavy atom. The van der Waals surface area contributed by atoms with Crippen LogP contribution in [-0.2, 0) is 6.42 Å². The summed E-state index contributed by atoms with van der Waals surface area (Å²) in [7, 11) is 0. The molecule has 0 amide bonds. The first-order chi connectivity index (χ1) is 15.1. The minimum Gasteiger partial charge on any atom is -0.204 e. The van der Waals surface area contributed by atoms with Crippen molar-refractivity contribution in [2.75, 3.05) is 0 Å². The summed E-state index contributed by atoms with van der Waals surface area (Å²) in [4.78, 5) is 0. The zero-order valence-corrected chi connectivity index (χ0v) is 19.8. The van der Waals surface area contributed by atoms with Crippen LogP contribution in [0.3, 0.4) is 0 Å². The van der Waals surface area contributed by atoms with E-state index in [1.54, 1.807) is 6.07 Å². The maximum Gasteiger partial charge on any atom is 0.159 e. The summed E-state index contributed by atoms with van der Waals surface area (Å²) in [6, 6.07) is 4.35. The second kappa shape index (κ2) is 13.4. The van der Waals surface area contributed by atoms with Gasteiger partial charge in [0.05, 0.1) is 0 Å². The number of hydrogen-bond acceptors (Lipinski definition) is 0. The van der Waals surface area contributed by atoms with Crippen LogP contribution in [0.25, 0.3) is 0 Å². The predicted molar refractivity (Wildman–Crippen MR) is 128 cm³/mol. The van der Waals surface area contributed by atoms with E-state index < -0.39 is 11.6 Å². The molecular weight excluding hydrogens is 386 g/mol. The molecule has 0 N–H and O–H groups in total. The summed E-state index contributed by atoms with van der Waals surface area (Å²) in [5.41, 5.74) is 0.928. The highest BCUT2D eigenvalue weighted by Gasteiger charge is 2.22. The van der Waals surface area contributed by atoms with Gasteiger partial charge in [-0.05, 0) is 106 Å². The van der Waals surface area contributed by atoms with E-state index >= 15 is 0 Å². The fraction of sp³-hybridized carbons (Fsp3) is 0.724. The van der Waals surface area contributed by atoms with E-state index in [4.69, 9.17) is 0 Å². The molecule has 3 rings (SSSR count). The first kappa shape index (κ1) is 24.5. The highest BCUT2D eigenvalue weighted by atomic mass is 19.2. The van der Waals surface area contributed by atoms with Crippen molar-refractivity contribution >= 4 is 0 Å². The summed E-state index contributed by atoms with van der Waals surface area (Å²) in [5, 5.41) is 0. The minimum absolute atomic E-state index is 0.715. The largest absolute Gasteiger partial charge is 0.204 e. The minimum atomic E-state index is -0.744. The molecular formula is C29H44F2. The van der Waals surface area contributed by atoms with Gasteiger partial charge in [-0.25, -0.2) is 8.78 Å². The quantitative estimate of drug-likeness (QED) is 0.242. The van der Waals surface area contributed by atoms with Gasteiger partial charge < -0.3 is 0 Å². The molecule has 0 saturated heterocycles. The Kier molecular flexibility index (Phi) is 10.6. The van der Waals surface area contributed by atoms with Crippen molar-refractivity contribution in [1.29, 1.82) is 0 Å². The maximum absolute atomic E-state index is 13.4. The molecule has 2 saturated carbocycles. The van der Waals surface area contributed by atoms with E-state index in [2.05, 4.69) is 19.1 Å². The number of unbranched alkanes of at least 4 members (excludes halogenated alkanes) is 4. The van der Waals surface area contributed by atoms with E-state index in [0.717, 1.165) is 42.1 Å². The SMILES string of the molecule is CCCCCCCC1CCC(/C=C/C2CCC(CCc3ccc(F)c(F)c3)CC2)CC1. The van der Waals surface area contributed by atoms with E-state index in [-0.39, 0.29) is 0 Å². The van der Waals surface area contributed by atoms with Gasteiger partial charge in [0.1, 0.15) is 0 Å². The fourth-order valence-electron chi connectivity index (χ4n) is 5.76. The van der Waals surface area contributed by atoms with E-state index in [1.165, 1.54) is 102 Å². The van der Waals surface area contributed by atoms with Crippen molar-refractivity contribution in [3.8, 4) is 0 Å². The molecule has 0 unspecified atom stereocenters. The summed E-state index contributed by atoms with van der Waals surface area (Å²) < 4.78 is 26.4. The second-order valence-electron chi connectivity index (χ2n) is 10.4. The number of rotatable bonds is 11. The van der Waals surface area contributed by atoms with Crippen LogP contribution in [0.4, 0.5) is 8.78 Å². The molecule has 0 atom stereocenters. The van der Waals surface area contributed by atoms with Gasteiger partial charge in [-0.15, -0.1) is 0 Å². The number of hydrogen-bond donors (Lipinski definition) is 0. The summed E-state index contributed by atoms with van der Waals surface area (Å²) in [6.45, 7) is 2.29. The van der Waals surface area contributed by atoms with Crippen molar-refractivity contribution < 1.29 is 8.78 Å². The van der Waals surface area contributed by atoms with Gasteiger partial charge in [0.2, 0.25) is 0 Å². The van der Waals surface area contributed by atoms with Crippen LogP contribution in [-0.4, -0.2) is 0 Å². The van der Waals surface area contributed by atoms with Crippen LogP contribution >= 0.6 is 0 Å². The van der Waals surface area contributed by atoms with Gasteiger partial charge in [-0.3, -0.25) is 0 Å². The van der Waals surface area contributed by atoms with Crippen molar-refractivity contribution in [1.82, 2.24) is 0 Å². The average Bonchev–Trinajstić information content (AvgIpc) is 2.80. The van der Waals surface area contributed by atoms with E-state index in [9.17, 15) is 8.78 Å². The predicted octanol–water partition coefficient (Wildman–Crippen LogP) is 9.43. The first-order valence-corrected chi connectivity index (χ1v) is 13.3. The molecule has 0 aromatic heterocycles. The topological polar surface area (TPSA) is 0 Å². The van der Waals surface area contributed by atoms with Gasteiger partial charge in [-0.1, -0.05) is 63.7 Å². The Balaban J connectivity index is 1.27. The lowest BCUT2D eigenvalue weighted by Gasteiger charge is -2.29. The van der Waals surface area contributed by atoms with Crippen molar-refractivity contribution in [2.45, 2.75) is 110 Å². The van der Waals surface area contributed by atoms with Crippen LogP contribution < -0.4 is 0 Å². The monoisotopic (exact) mass is 430 g/mol. The zero-order chi connectivity index (χ0) is 21.9. The molecule has 2 heteroatoms. The normalized spacial score (nSPS) is 27.1. The Hall–Kier alpha value is -1.18. The third kappa shape index (κ3) is 8.70. The molecule has 0 radical (unpaired) electrons. The third-order valence-electron chi connectivity index (χ3n) is 7.98. The third-order valence-corrected chi connectivity index (χ3v) is 7.98. The number of benzene rings is 1. The molecule has 2 aliphatic rings. The number of halogens is 2. The highest BCUT2D eigenvalue weighted by molar-refractivity contribution is 5.17. The molecule has 0 spiro atoms. The standard InChI is InChI=1S/C29H44F2/c1-2-3-4-5-6-7-23-8-10-24(11-9-23)12-13-25-14-16-26(17-15-25)18-19-27-20-21-28(30)29(31)22-27/h12-13,20-26H,2-11,14-19H2,1H3/b13-12+. The van der Waals surface area contributed by atoms with Gasteiger partial charge in [0, 0.05) is 0 Å². The van der Waals surface area contributed by atoms with Crippen molar-refractivity contribution in [3.63, 3.8) is 0 Å². The Labute approximate surface area is 189 Å². The molecule has 2 fully saturated rings. The van der Waals surface area contributed by atoms with Crippen LogP contribution in [0.2, 0.25) is 0 Å². The Morgan fingerprint density at radius 3 is 1.87 bits per heavy atom. The first-order valence-electron chi connectivity index (χ1n) is 13.3. The summed E-state index contributed by atoms with van der Waals surface area (Å²) in [5.74, 6) is 1.86.